The Labute approximate surface area is 87.4 Å². The molecule has 0 bridgehead atoms. The molecule has 3 atom stereocenters. The van der Waals surface area contributed by atoms with Gasteiger partial charge in [-0.25, -0.2) is 0 Å². The first-order valence-electron chi connectivity index (χ1n) is 4.76. The Kier molecular flexibility index (Phi) is 2.75. The molecule has 0 aromatic carbocycles. The van der Waals surface area contributed by atoms with Crippen molar-refractivity contribution in [1.29, 1.82) is 0 Å². The fourth-order valence-electron chi connectivity index (χ4n) is 2.64. The molecule has 2 heteroatoms. The molecule has 2 saturated carbocycles. The molecule has 0 aromatic rings. The zero-order chi connectivity index (χ0) is 8.55. The fourth-order valence-corrected chi connectivity index (χ4v) is 3.07. The minimum Gasteiger partial charge on any atom is -0.389 e. The van der Waals surface area contributed by atoms with E-state index in [9.17, 15) is 5.11 Å². The van der Waals surface area contributed by atoms with Gasteiger partial charge in [0.2, 0.25) is 0 Å². The fraction of sp³-hybridized carbons (Fsp3) is 0.800. The van der Waals surface area contributed by atoms with E-state index in [1.807, 2.05) is 10.2 Å². The lowest BCUT2D eigenvalue weighted by molar-refractivity contribution is 0.153. The first-order chi connectivity index (χ1) is 5.81. The summed E-state index contributed by atoms with van der Waals surface area (Å²) in [6.07, 6.45) is 7.13. The van der Waals surface area contributed by atoms with Crippen LogP contribution in [0.3, 0.4) is 0 Å². The van der Waals surface area contributed by atoms with Gasteiger partial charge in [0, 0.05) is 0 Å². The van der Waals surface area contributed by atoms with Crippen molar-refractivity contribution in [1.82, 2.24) is 0 Å². The second kappa shape index (κ2) is 3.66. The molecule has 1 N–H and O–H groups in total. The van der Waals surface area contributed by atoms with Gasteiger partial charge >= 0.3 is 0 Å². The van der Waals surface area contributed by atoms with Gasteiger partial charge in [-0.05, 0) is 53.6 Å². The molecule has 0 heterocycles. The summed E-state index contributed by atoms with van der Waals surface area (Å²) < 4.78 is 1.93. The van der Waals surface area contributed by atoms with Crippen molar-refractivity contribution in [2.75, 3.05) is 0 Å². The highest BCUT2D eigenvalue weighted by Crippen LogP contribution is 2.50. The van der Waals surface area contributed by atoms with Crippen LogP contribution >= 0.6 is 22.6 Å². The Balaban J connectivity index is 1.89. The molecule has 0 spiro atoms. The van der Waals surface area contributed by atoms with Crippen molar-refractivity contribution in [3.8, 4) is 0 Å². The lowest BCUT2D eigenvalue weighted by atomic mass is 9.77. The van der Waals surface area contributed by atoms with E-state index < -0.39 is 0 Å². The minimum absolute atomic E-state index is 0.174. The number of hydrogen-bond donors (Lipinski definition) is 1. The van der Waals surface area contributed by atoms with Crippen LogP contribution in [0.4, 0.5) is 0 Å². The molecule has 68 valence electrons. The first-order valence-corrected chi connectivity index (χ1v) is 6.00. The second-order valence-electron chi connectivity index (χ2n) is 4.14. The predicted molar refractivity (Wildman–Crippen MR) is 58.1 cm³/mol. The van der Waals surface area contributed by atoms with Crippen molar-refractivity contribution in [3.63, 3.8) is 0 Å². The first kappa shape index (κ1) is 9.00. The minimum atomic E-state index is -0.174. The van der Waals surface area contributed by atoms with Crippen LogP contribution in [0.2, 0.25) is 0 Å². The molecule has 2 aliphatic rings. The predicted octanol–water partition coefficient (Wildman–Crippen LogP) is 2.73. The molecule has 2 aliphatic carbocycles. The Morgan fingerprint density at radius 1 is 1.25 bits per heavy atom. The van der Waals surface area contributed by atoms with Crippen molar-refractivity contribution >= 4 is 22.6 Å². The average molecular weight is 278 g/mol. The summed E-state index contributed by atoms with van der Waals surface area (Å²) in [5, 5.41) is 9.72. The van der Waals surface area contributed by atoms with Gasteiger partial charge in [-0.15, -0.1) is 0 Å². The number of aliphatic hydroxyl groups is 1. The maximum Gasteiger partial charge on any atom is 0.0756 e. The summed E-state index contributed by atoms with van der Waals surface area (Å²) in [5.74, 6) is 2.49. The highest BCUT2D eigenvalue weighted by molar-refractivity contribution is 14.1. The molecule has 0 amide bonds. The Morgan fingerprint density at radius 2 is 1.83 bits per heavy atom. The maximum absolute atomic E-state index is 9.72. The lowest BCUT2D eigenvalue weighted by Crippen LogP contribution is -2.18. The summed E-state index contributed by atoms with van der Waals surface area (Å²) in [5.41, 5.74) is 0. The number of aliphatic hydroxyl groups excluding tert-OH is 1. The standard InChI is InChI=1S/C10H15IO/c11-4-3-10(12)9-5-7-1-2-8(7)6-9/h3-4,7-10,12H,1-2,5-6H2. The van der Waals surface area contributed by atoms with Crippen LogP contribution < -0.4 is 0 Å². The van der Waals surface area contributed by atoms with Crippen LogP contribution in [-0.2, 0) is 0 Å². The average Bonchev–Trinajstić information content (AvgIpc) is 2.29. The Morgan fingerprint density at radius 3 is 2.25 bits per heavy atom. The van der Waals surface area contributed by atoms with E-state index in [4.69, 9.17) is 0 Å². The van der Waals surface area contributed by atoms with Crippen LogP contribution in [0.1, 0.15) is 25.7 Å². The molecule has 0 saturated heterocycles. The second-order valence-corrected chi connectivity index (χ2v) is 4.86. The molecule has 0 aliphatic heterocycles. The van der Waals surface area contributed by atoms with Crippen LogP contribution in [0.15, 0.2) is 10.2 Å². The third kappa shape index (κ3) is 1.55. The van der Waals surface area contributed by atoms with Gasteiger partial charge in [0.05, 0.1) is 6.10 Å². The van der Waals surface area contributed by atoms with Crippen LogP contribution in [0.25, 0.3) is 0 Å². The molecule has 0 aromatic heterocycles. The van der Waals surface area contributed by atoms with Crippen LogP contribution in [0, 0.1) is 17.8 Å². The lowest BCUT2D eigenvalue weighted by Gasteiger charge is -2.29. The van der Waals surface area contributed by atoms with E-state index in [0.29, 0.717) is 5.92 Å². The smallest absolute Gasteiger partial charge is 0.0756 e. The van der Waals surface area contributed by atoms with E-state index in [0.717, 1.165) is 11.8 Å². The SMILES string of the molecule is OC(C=CI)C1CC2CCC2C1. The van der Waals surface area contributed by atoms with Gasteiger partial charge in [-0.1, -0.05) is 22.6 Å². The highest BCUT2D eigenvalue weighted by Gasteiger charge is 2.41. The molecule has 12 heavy (non-hydrogen) atoms. The van der Waals surface area contributed by atoms with E-state index in [1.54, 1.807) is 0 Å². The number of halogens is 1. The summed E-state index contributed by atoms with van der Waals surface area (Å²) >= 11 is 2.17. The molecular weight excluding hydrogens is 263 g/mol. The van der Waals surface area contributed by atoms with Gasteiger partial charge in [0.15, 0.2) is 0 Å². The topological polar surface area (TPSA) is 20.2 Å². The van der Waals surface area contributed by atoms with E-state index in [-0.39, 0.29) is 6.10 Å². The summed E-state index contributed by atoms with van der Waals surface area (Å²) in [6.45, 7) is 0. The molecule has 2 rings (SSSR count). The van der Waals surface area contributed by atoms with E-state index >= 15 is 0 Å². The zero-order valence-corrected chi connectivity index (χ0v) is 9.28. The van der Waals surface area contributed by atoms with Crippen molar-refractivity contribution in [3.05, 3.63) is 10.2 Å². The zero-order valence-electron chi connectivity index (χ0n) is 7.12. The normalized spacial score (nSPS) is 42.7. The van der Waals surface area contributed by atoms with Crippen LogP contribution in [0.5, 0.6) is 0 Å². The quantitative estimate of drug-likeness (QED) is 0.770. The molecule has 0 radical (unpaired) electrons. The van der Waals surface area contributed by atoms with E-state index in [2.05, 4.69) is 22.6 Å². The molecular formula is C10H15IO. The van der Waals surface area contributed by atoms with Gasteiger partial charge in [0.1, 0.15) is 0 Å². The van der Waals surface area contributed by atoms with Gasteiger partial charge < -0.3 is 5.11 Å². The van der Waals surface area contributed by atoms with Crippen molar-refractivity contribution in [2.45, 2.75) is 31.8 Å². The number of rotatable bonds is 2. The van der Waals surface area contributed by atoms with Gasteiger partial charge in [0.25, 0.3) is 0 Å². The summed E-state index contributed by atoms with van der Waals surface area (Å²) in [7, 11) is 0. The van der Waals surface area contributed by atoms with Crippen molar-refractivity contribution in [2.24, 2.45) is 17.8 Å². The summed E-state index contributed by atoms with van der Waals surface area (Å²) in [6, 6.07) is 0. The van der Waals surface area contributed by atoms with Crippen molar-refractivity contribution < 1.29 is 5.11 Å². The Hall–Kier alpha value is 0.430. The third-order valence-electron chi connectivity index (χ3n) is 3.54. The molecule has 1 nitrogen and oxygen atoms in total. The third-order valence-corrected chi connectivity index (χ3v) is 3.95. The monoisotopic (exact) mass is 278 g/mol. The summed E-state index contributed by atoms with van der Waals surface area (Å²) in [4.78, 5) is 0. The van der Waals surface area contributed by atoms with Gasteiger partial charge in [-0.2, -0.15) is 0 Å². The Bertz CT molecular complexity index is 178. The largest absolute Gasteiger partial charge is 0.389 e. The number of hydrogen-bond acceptors (Lipinski definition) is 1. The molecule has 2 fully saturated rings. The van der Waals surface area contributed by atoms with Crippen LogP contribution in [-0.4, -0.2) is 11.2 Å². The van der Waals surface area contributed by atoms with E-state index in [1.165, 1.54) is 25.7 Å². The number of fused-ring (bicyclic) bond motifs is 1. The van der Waals surface area contributed by atoms with Gasteiger partial charge in [-0.3, -0.25) is 0 Å². The highest BCUT2D eigenvalue weighted by atomic mass is 127. The molecule has 3 unspecified atom stereocenters. The maximum atomic E-state index is 9.72.